The lowest BCUT2D eigenvalue weighted by molar-refractivity contribution is -0.118. The third-order valence-electron chi connectivity index (χ3n) is 2.18. The number of nitrogens with zero attached hydrogens (tertiary/aromatic N) is 1. The van der Waals surface area contributed by atoms with Gasteiger partial charge in [0.25, 0.3) is 0 Å². The fraction of sp³-hybridized carbons (Fsp3) is 0.333. The topological polar surface area (TPSA) is 59.9 Å². The largest absolute Gasteiger partial charge is 0.493 e. The van der Waals surface area contributed by atoms with Crippen molar-refractivity contribution in [2.45, 2.75) is 20.5 Å². The Morgan fingerprint density at radius 3 is 2.53 bits per heavy atom. The maximum absolute atomic E-state index is 12.2. The summed E-state index contributed by atoms with van der Waals surface area (Å²) >= 11 is 0. The lowest BCUT2D eigenvalue weighted by atomic mass is 10.1. The Morgan fingerprint density at radius 1 is 1.32 bits per heavy atom. The first-order valence-corrected chi connectivity index (χ1v) is 5.38. The number of alkyl halides is 2. The highest BCUT2D eigenvalue weighted by Gasteiger charge is 2.11. The zero-order chi connectivity index (χ0) is 14.4. The van der Waals surface area contributed by atoms with Crippen LogP contribution in [0.25, 0.3) is 0 Å². The van der Waals surface area contributed by atoms with Crippen LogP contribution in [0.4, 0.5) is 8.78 Å². The van der Waals surface area contributed by atoms with E-state index in [0.29, 0.717) is 11.3 Å². The minimum Gasteiger partial charge on any atom is -0.493 e. The molecule has 1 N–H and O–H groups in total. The van der Waals surface area contributed by atoms with E-state index < -0.39 is 6.61 Å². The average molecular weight is 272 g/mol. The van der Waals surface area contributed by atoms with E-state index in [1.54, 1.807) is 13.0 Å². The van der Waals surface area contributed by atoms with Gasteiger partial charge >= 0.3 is 6.61 Å². The number of halogens is 2. The molecule has 19 heavy (non-hydrogen) atoms. The molecule has 104 valence electrons. The molecule has 7 heteroatoms. The van der Waals surface area contributed by atoms with Crippen LogP contribution in [0, 0.1) is 0 Å². The summed E-state index contributed by atoms with van der Waals surface area (Å²) in [6, 6.07) is 4.40. The Morgan fingerprint density at radius 2 is 2.00 bits per heavy atom. The van der Waals surface area contributed by atoms with Crippen molar-refractivity contribution in [3.05, 3.63) is 23.8 Å². The molecule has 1 aromatic rings. The zero-order valence-electron chi connectivity index (χ0n) is 10.7. The second-order valence-electron chi connectivity index (χ2n) is 3.61. The van der Waals surface area contributed by atoms with Crippen LogP contribution in [0.5, 0.6) is 11.5 Å². The van der Waals surface area contributed by atoms with Gasteiger partial charge in [-0.3, -0.25) is 4.79 Å². The Hall–Kier alpha value is -2.18. The Balaban J connectivity index is 2.99. The number of hydrogen-bond acceptors (Lipinski definition) is 4. The highest BCUT2D eigenvalue weighted by Crippen LogP contribution is 2.29. The fourth-order valence-corrected chi connectivity index (χ4v) is 1.31. The van der Waals surface area contributed by atoms with Gasteiger partial charge in [0.2, 0.25) is 5.91 Å². The van der Waals surface area contributed by atoms with Crippen molar-refractivity contribution < 1.29 is 23.0 Å². The minimum atomic E-state index is -2.92. The van der Waals surface area contributed by atoms with Gasteiger partial charge in [-0.15, -0.1) is 0 Å². The predicted molar refractivity (Wildman–Crippen MR) is 65.7 cm³/mol. The zero-order valence-corrected chi connectivity index (χ0v) is 10.7. The van der Waals surface area contributed by atoms with Crippen LogP contribution < -0.4 is 14.9 Å². The number of hydrazone groups is 1. The number of methoxy groups -OCH3 is 1. The lowest BCUT2D eigenvalue weighted by Gasteiger charge is -2.11. The number of rotatable bonds is 5. The minimum absolute atomic E-state index is 0.0615. The van der Waals surface area contributed by atoms with Crippen LogP contribution in [0.3, 0.4) is 0 Å². The third kappa shape index (κ3) is 4.53. The molecule has 0 aliphatic carbocycles. The van der Waals surface area contributed by atoms with Crippen LogP contribution in [-0.4, -0.2) is 25.3 Å². The summed E-state index contributed by atoms with van der Waals surface area (Å²) in [4.78, 5) is 10.7. The summed E-state index contributed by atoms with van der Waals surface area (Å²) in [6.07, 6.45) is 0. The number of ether oxygens (including phenoxy) is 2. The van der Waals surface area contributed by atoms with Gasteiger partial charge in [-0.25, -0.2) is 5.43 Å². The molecule has 0 heterocycles. The number of hydrogen-bond donors (Lipinski definition) is 1. The van der Waals surface area contributed by atoms with Crippen LogP contribution in [0.2, 0.25) is 0 Å². The van der Waals surface area contributed by atoms with E-state index in [1.165, 1.54) is 26.2 Å². The molecule has 0 saturated carbocycles. The predicted octanol–water partition coefficient (Wildman–Crippen LogP) is 2.16. The van der Waals surface area contributed by atoms with Gasteiger partial charge < -0.3 is 9.47 Å². The van der Waals surface area contributed by atoms with Crippen molar-refractivity contribution in [1.82, 2.24) is 5.43 Å². The molecule has 0 aliphatic rings. The molecular weight excluding hydrogens is 258 g/mol. The quantitative estimate of drug-likeness (QED) is 0.660. The maximum Gasteiger partial charge on any atom is 0.387 e. The smallest absolute Gasteiger partial charge is 0.387 e. The molecule has 0 aromatic heterocycles. The van der Waals surface area contributed by atoms with E-state index in [0.717, 1.165) is 0 Å². The summed E-state index contributed by atoms with van der Waals surface area (Å²) in [5.74, 6) is -0.201. The number of carbonyl (C=O) groups is 1. The van der Waals surface area contributed by atoms with Crippen LogP contribution >= 0.6 is 0 Å². The summed E-state index contributed by atoms with van der Waals surface area (Å²) in [5, 5.41) is 3.83. The Bertz CT molecular complexity index is 490. The van der Waals surface area contributed by atoms with Gasteiger partial charge in [0, 0.05) is 12.5 Å². The summed E-state index contributed by atoms with van der Waals surface area (Å²) in [5.41, 5.74) is 3.41. The molecule has 1 aromatic carbocycles. The number of nitrogens with one attached hydrogen (secondary N) is 1. The number of benzene rings is 1. The van der Waals surface area contributed by atoms with Crippen molar-refractivity contribution in [2.24, 2.45) is 5.10 Å². The first-order chi connectivity index (χ1) is 8.93. The molecule has 0 fully saturated rings. The molecule has 0 atom stereocenters. The number of amides is 1. The second kappa shape index (κ2) is 6.67. The summed E-state index contributed by atoms with van der Waals surface area (Å²) in [6.45, 7) is 0.0730. The molecule has 0 radical (unpaired) electrons. The normalized spacial score (nSPS) is 11.4. The second-order valence-corrected chi connectivity index (χ2v) is 3.61. The molecule has 0 saturated heterocycles. The van der Waals surface area contributed by atoms with Crippen LogP contribution in [0.1, 0.15) is 19.4 Å². The van der Waals surface area contributed by atoms with E-state index in [4.69, 9.17) is 4.74 Å². The summed E-state index contributed by atoms with van der Waals surface area (Å²) < 4.78 is 33.6. The maximum atomic E-state index is 12.2. The van der Waals surface area contributed by atoms with Gasteiger partial charge in [0.05, 0.1) is 12.8 Å². The van der Waals surface area contributed by atoms with Gasteiger partial charge in [-0.1, -0.05) is 0 Å². The van der Waals surface area contributed by atoms with Crippen LogP contribution in [0.15, 0.2) is 23.3 Å². The van der Waals surface area contributed by atoms with Gasteiger partial charge in [-0.2, -0.15) is 13.9 Å². The van der Waals surface area contributed by atoms with E-state index in [2.05, 4.69) is 15.3 Å². The third-order valence-corrected chi connectivity index (χ3v) is 2.18. The standard InChI is InChI=1S/C12H14F2N2O3/c1-7(15-16-8(2)17)9-4-5-10(19-12(13)14)11(6-9)18-3/h4-6,12H,1-3H3,(H,16,17)/b15-7-. The van der Waals surface area contributed by atoms with E-state index >= 15 is 0 Å². The molecule has 0 unspecified atom stereocenters. The fourth-order valence-electron chi connectivity index (χ4n) is 1.31. The molecule has 0 aliphatic heterocycles. The van der Waals surface area contributed by atoms with E-state index in [1.807, 2.05) is 0 Å². The van der Waals surface area contributed by atoms with Crippen molar-refractivity contribution in [3.8, 4) is 11.5 Å². The highest BCUT2D eigenvalue weighted by atomic mass is 19.3. The highest BCUT2D eigenvalue weighted by molar-refractivity contribution is 5.99. The van der Waals surface area contributed by atoms with Gasteiger partial charge in [-0.05, 0) is 25.1 Å². The average Bonchev–Trinajstić information content (AvgIpc) is 2.35. The molecule has 1 rings (SSSR count). The van der Waals surface area contributed by atoms with Gasteiger partial charge in [0.1, 0.15) is 0 Å². The van der Waals surface area contributed by atoms with Crippen LogP contribution in [-0.2, 0) is 4.79 Å². The van der Waals surface area contributed by atoms with Crippen molar-refractivity contribution in [1.29, 1.82) is 0 Å². The van der Waals surface area contributed by atoms with Gasteiger partial charge in [0.15, 0.2) is 11.5 Å². The first kappa shape index (κ1) is 14.9. The Labute approximate surface area is 109 Å². The monoisotopic (exact) mass is 272 g/mol. The van der Waals surface area contributed by atoms with Crippen molar-refractivity contribution >= 4 is 11.6 Å². The molecule has 0 bridgehead atoms. The number of carbonyl (C=O) groups excluding carboxylic acids is 1. The summed E-state index contributed by atoms with van der Waals surface area (Å²) in [7, 11) is 1.34. The van der Waals surface area contributed by atoms with Crippen molar-refractivity contribution in [2.75, 3.05) is 7.11 Å². The van der Waals surface area contributed by atoms with E-state index in [9.17, 15) is 13.6 Å². The van der Waals surface area contributed by atoms with E-state index in [-0.39, 0.29) is 17.4 Å². The lowest BCUT2D eigenvalue weighted by Crippen LogP contribution is -2.15. The molecular formula is C12H14F2N2O3. The molecule has 5 nitrogen and oxygen atoms in total. The molecule has 1 amide bonds. The first-order valence-electron chi connectivity index (χ1n) is 5.38. The Kier molecular flexibility index (Phi) is 5.23. The van der Waals surface area contributed by atoms with Crippen molar-refractivity contribution in [3.63, 3.8) is 0 Å². The SMILES string of the molecule is COc1cc(/C(C)=N\NC(C)=O)ccc1OC(F)F. The molecule has 0 spiro atoms.